The number of pyridine rings is 1. The Balaban J connectivity index is 2.31. The number of aryl methyl sites for hydroxylation is 1. The molecule has 0 saturated carbocycles. The molecular formula is C10H8N4O2. The number of aromatic nitrogens is 4. The van der Waals surface area contributed by atoms with Gasteiger partial charge in [0.05, 0.1) is 5.56 Å². The van der Waals surface area contributed by atoms with Gasteiger partial charge in [-0.15, -0.1) is 5.10 Å². The number of nitrogens with zero attached hydrogens (tertiary/aromatic N) is 2. The minimum Gasteiger partial charge on any atom is -0.388 e. The molecule has 0 aliphatic rings. The maximum atomic E-state index is 10.9. The number of aromatic amines is 2. The van der Waals surface area contributed by atoms with E-state index in [1.165, 1.54) is 0 Å². The van der Waals surface area contributed by atoms with Crippen LogP contribution in [0, 0.1) is 6.92 Å². The molecule has 0 saturated heterocycles. The molecule has 0 spiro atoms. The summed E-state index contributed by atoms with van der Waals surface area (Å²) in [6.45, 7) is 1.95. The van der Waals surface area contributed by atoms with Crippen molar-refractivity contribution in [3.8, 4) is 11.5 Å². The highest BCUT2D eigenvalue weighted by molar-refractivity contribution is 5.91. The second-order valence-corrected chi connectivity index (χ2v) is 3.53. The van der Waals surface area contributed by atoms with Crippen LogP contribution in [-0.4, -0.2) is 20.2 Å². The van der Waals surface area contributed by atoms with E-state index in [0.717, 1.165) is 22.2 Å². The number of hydrogen-bond donors (Lipinski definition) is 2. The van der Waals surface area contributed by atoms with Gasteiger partial charge < -0.3 is 9.40 Å². The fraction of sp³-hybridized carbons (Fsp3) is 0.100. The first-order valence-electron chi connectivity index (χ1n) is 4.73. The fourth-order valence-electron chi connectivity index (χ4n) is 1.63. The molecule has 80 valence electrons. The molecule has 6 heteroatoms. The lowest BCUT2D eigenvalue weighted by Crippen LogP contribution is -1.93. The van der Waals surface area contributed by atoms with Gasteiger partial charge in [-0.2, -0.15) is 0 Å². The van der Waals surface area contributed by atoms with Crippen molar-refractivity contribution >= 4 is 11.0 Å². The summed E-state index contributed by atoms with van der Waals surface area (Å²) in [6.07, 6.45) is 3.49. The van der Waals surface area contributed by atoms with Gasteiger partial charge in [0.25, 0.3) is 5.89 Å². The van der Waals surface area contributed by atoms with Gasteiger partial charge in [0.1, 0.15) is 5.65 Å². The molecule has 3 aromatic heterocycles. The first-order valence-corrected chi connectivity index (χ1v) is 4.73. The molecule has 6 nitrogen and oxygen atoms in total. The van der Waals surface area contributed by atoms with Crippen LogP contribution in [0.5, 0.6) is 0 Å². The Morgan fingerprint density at radius 1 is 1.44 bits per heavy atom. The molecule has 0 fully saturated rings. The molecule has 2 N–H and O–H groups in total. The summed E-state index contributed by atoms with van der Waals surface area (Å²) < 4.78 is 4.91. The molecule has 0 radical (unpaired) electrons. The molecule has 3 aromatic rings. The van der Waals surface area contributed by atoms with Crippen LogP contribution in [0.2, 0.25) is 0 Å². The van der Waals surface area contributed by atoms with Crippen LogP contribution in [0.25, 0.3) is 22.5 Å². The lowest BCUT2D eigenvalue weighted by Gasteiger charge is -1.93. The molecule has 0 unspecified atom stereocenters. The number of nitrogens with one attached hydrogen (secondary N) is 2. The Bertz CT molecular complexity index is 707. The van der Waals surface area contributed by atoms with E-state index < -0.39 is 5.76 Å². The van der Waals surface area contributed by atoms with Crippen molar-refractivity contribution in [3.63, 3.8) is 0 Å². The largest absolute Gasteiger partial charge is 0.434 e. The quantitative estimate of drug-likeness (QED) is 0.640. The zero-order chi connectivity index (χ0) is 11.1. The number of rotatable bonds is 1. The van der Waals surface area contributed by atoms with Crippen molar-refractivity contribution in [2.45, 2.75) is 6.92 Å². The first-order chi connectivity index (χ1) is 7.74. The van der Waals surface area contributed by atoms with Gasteiger partial charge in [-0.3, -0.25) is 0 Å². The van der Waals surface area contributed by atoms with Crippen LogP contribution in [0.3, 0.4) is 0 Å². The predicted molar refractivity (Wildman–Crippen MR) is 56.9 cm³/mol. The van der Waals surface area contributed by atoms with E-state index >= 15 is 0 Å². The monoisotopic (exact) mass is 216 g/mol. The highest BCUT2D eigenvalue weighted by Gasteiger charge is 2.11. The molecule has 16 heavy (non-hydrogen) atoms. The third-order valence-corrected chi connectivity index (χ3v) is 2.34. The Labute approximate surface area is 89.3 Å². The Kier molecular flexibility index (Phi) is 1.70. The van der Waals surface area contributed by atoms with Gasteiger partial charge in [-0.05, 0) is 18.6 Å². The highest BCUT2D eigenvalue weighted by Crippen LogP contribution is 2.25. The number of fused-ring (bicyclic) bond motifs is 1. The fourth-order valence-corrected chi connectivity index (χ4v) is 1.63. The molecule has 3 rings (SSSR count). The summed E-state index contributed by atoms with van der Waals surface area (Å²) in [4.78, 5) is 18.1. The van der Waals surface area contributed by atoms with E-state index in [2.05, 4.69) is 20.2 Å². The normalized spacial score (nSPS) is 11.1. The molecule has 0 amide bonds. The smallest absolute Gasteiger partial charge is 0.388 e. The van der Waals surface area contributed by atoms with Crippen molar-refractivity contribution in [1.82, 2.24) is 20.2 Å². The average molecular weight is 216 g/mol. The van der Waals surface area contributed by atoms with Crippen molar-refractivity contribution in [2.75, 3.05) is 0 Å². The molecule has 0 bridgehead atoms. The molecular weight excluding hydrogens is 208 g/mol. The Morgan fingerprint density at radius 2 is 2.31 bits per heavy atom. The van der Waals surface area contributed by atoms with Crippen LogP contribution in [0.4, 0.5) is 0 Å². The zero-order valence-electron chi connectivity index (χ0n) is 8.44. The lowest BCUT2D eigenvalue weighted by molar-refractivity contribution is 0.527. The molecule has 0 aliphatic heterocycles. The van der Waals surface area contributed by atoms with E-state index in [9.17, 15) is 4.79 Å². The predicted octanol–water partition coefficient (Wildman–Crippen LogP) is 1.21. The van der Waals surface area contributed by atoms with Gasteiger partial charge >= 0.3 is 5.76 Å². The van der Waals surface area contributed by atoms with Crippen LogP contribution >= 0.6 is 0 Å². The van der Waals surface area contributed by atoms with Gasteiger partial charge in [-0.25, -0.2) is 14.9 Å². The van der Waals surface area contributed by atoms with Gasteiger partial charge in [0, 0.05) is 17.8 Å². The number of H-pyrrole nitrogens is 2. The average Bonchev–Trinajstić information content (AvgIpc) is 2.83. The maximum Gasteiger partial charge on any atom is 0.434 e. The van der Waals surface area contributed by atoms with Crippen LogP contribution in [-0.2, 0) is 0 Å². The van der Waals surface area contributed by atoms with Crippen molar-refractivity contribution < 1.29 is 4.42 Å². The summed E-state index contributed by atoms with van der Waals surface area (Å²) in [5.41, 5.74) is 2.50. The molecule has 0 aliphatic carbocycles. The molecule has 3 heterocycles. The van der Waals surface area contributed by atoms with E-state index in [1.807, 2.05) is 13.0 Å². The van der Waals surface area contributed by atoms with Crippen LogP contribution in [0.15, 0.2) is 27.7 Å². The summed E-state index contributed by atoms with van der Waals surface area (Å²) in [5, 5.41) is 6.90. The van der Waals surface area contributed by atoms with Gasteiger partial charge in [-0.1, -0.05) is 0 Å². The topological polar surface area (TPSA) is 87.6 Å². The summed E-state index contributed by atoms with van der Waals surface area (Å²) >= 11 is 0. The second-order valence-electron chi connectivity index (χ2n) is 3.53. The SMILES string of the molecule is Cc1cnc2[nH]cc(-c3n[nH]c(=O)o3)c2c1. The minimum absolute atomic E-state index is 0.267. The van der Waals surface area contributed by atoms with Gasteiger partial charge in [0.15, 0.2) is 0 Å². The van der Waals surface area contributed by atoms with Gasteiger partial charge in [0.2, 0.25) is 0 Å². The van der Waals surface area contributed by atoms with E-state index in [4.69, 9.17) is 4.42 Å². The van der Waals surface area contributed by atoms with E-state index in [-0.39, 0.29) is 5.89 Å². The van der Waals surface area contributed by atoms with E-state index in [0.29, 0.717) is 0 Å². The summed E-state index contributed by atoms with van der Waals surface area (Å²) in [6, 6.07) is 1.96. The maximum absolute atomic E-state index is 10.9. The third kappa shape index (κ3) is 1.23. The van der Waals surface area contributed by atoms with Crippen LogP contribution < -0.4 is 5.76 Å². The standard InChI is InChI=1S/C10H8N4O2/c1-5-2-6-7(4-12-8(6)11-3-5)9-13-14-10(15)16-9/h2-4H,1H3,(H,11,12)(H,14,15). The number of hydrogen-bond acceptors (Lipinski definition) is 4. The van der Waals surface area contributed by atoms with Crippen molar-refractivity contribution in [1.29, 1.82) is 0 Å². The highest BCUT2D eigenvalue weighted by atomic mass is 16.4. The van der Waals surface area contributed by atoms with E-state index in [1.54, 1.807) is 12.4 Å². The van der Waals surface area contributed by atoms with Crippen molar-refractivity contribution in [2.24, 2.45) is 0 Å². The third-order valence-electron chi connectivity index (χ3n) is 2.34. The van der Waals surface area contributed by atoms with Crippen molar-refractivity contribution in [3.05, 3.63) is 34.6 Å². The summed E-state index contributed by atoms with van der Waals surface area (Å²) in [7, 11) is 0. The molecule has 0 atom stereocenters. The Morgan fingerprint density at radius 3 is 3.06 bits per heavy atom. The zero-order valence-corrected chi connectivity index (χ0v) is 8.44. The summed E-state index contributed by atoms with van der Waals surface area (Å²) in [5.74, 6) is -0.298. The second kappa shape index (κ2) is 3.06. The Hall–Kier alpha value is -2.37. The first kappa shape index (κ1) is 8.90. The lowest BCUT2D eigenvalue weighted by atomic mass is 10.2. The molecule has 0 aromatic carbocycles. The van der Waals surface area contributed by atoms with Crippen LogP contribution in [0.1, 0.15) is 5.56 Å². The minimum atomic E-state index is -0.565.